The molecule has 0 spiro atoms. The van der Waals surface area contributed by atoms with E-state index in [4.69, 9.17) is 0 Å². The zero-order valence-electron chi connectivity index (χ0n) is 22.2. The van der Waals surface area contributed by atoms with E-state index in [-0.39, 0.29) is 12.2 Å². The van der Waals surface area contributed by atoms with Gasteiger partial charge in [-0.15, -0.1) is 13.2 Å². The van der Waals surface area contributed by atoms with Crippen molar-refractivity contribution >= 4 is 0 Å². The fraction of sp³-hybridized carbons (Fsp3) is 0.667. The highest BCUT2D eigenvalue weighted by Gasteiger charge is 2.50. The lowest BCUT2D eigenvalue weighted by Crippen LogP contribution is -2.41. The maximum atomic E-state index is 14.7. The van der Waals surface area contributed by atoms with E-state index in [0.717, 1.165) is 49.0 Å². The van der Waals surface area contributed by atoms with Crippen molar-refractivity contribution in [1.29, 1.82) is 0 Å². The number of hydrogen-bond donors (Lipinski definition) is 0. The molecule has 2 saturated carbocycles. The number of rotatable bonds is 9. The van der Waals surface area contributed by atoms with Crippen LogP contribution in [0.25, 0.3) is 0 Å². The van der Waals surface area contributed by atoms with Gasteiger partial charge in [0.25, 0.3) is 5.85 Å². The summed E-state index contributed by atoms with van der Waals surface area (Å²) in [5.74, 6) is -1.91. The van der Waals surface area contributed by atoms with Gasteiger partial charge in [0.2, 0.25) is 0 Å². The molecule has 0 radical (unpaired) electrons. The van der Waals surface area contributed by atoms with Crippen molar-refractivity contribution in [2.45, 2.75) is 108 Å². The van der Waals surface area contributed by atoms with Crippen LogP contribution < -0.4 is 0 Å². The Labute approximate surface area is 225 Å². The molecule has 0 aromatic heterocycles. The van der Waals surface area contributed by atoms with Gasteiger partial charge in [-0.05, 0) is 98.1 Å². The number of benzene rings is 1. The van der Waals surface area contributed by atoms with Crippen LogP contribution in [0.5, 0.6) is 0 Å². The minimum absolute atomic E-state index is 0.0775. The summed E-state index contributed by atoms with van der Waals surface area (Å²) in [6.07, 6.45) is 2.06. The largest absolute Gasteiger partial charge is 0.525 e. The van der Waals surface area contributed by atoms with Crippen LogP contribution in [0.2, 0.25) is 0 Å². The third kappa shape index (κ3) is 7.80. The van der Waals surface area contributed by atoms with Gasteiger partial charge in [0, 0.05) is 0 Å². The zero-order chi connectivity index (χ0) is 28.3. The first kappa shape index (κ1) is 29.9. The highest BCUT2D eigenvalue weighted by molar-refractivity contribution is 5.30. The summed E-state index contributed by atoms with van der Waals surface area (Å²) in [5, 5.41) is 0. The minimum Gasteiger partial charge on any atom is -0.429 e. The molecule has 1 aromatic rings. The Bertz CT molecular complexity index is 988. The summed E-state index contributed by atoms with van der Waals surface area (Å²) in [4.78, 5) is 0. The molecule has 3 aliphatic carbocycles. The van der Waals surface area contributed by atoms with Crippen molar-refractivity contribution in [3.05, 3.63) is 59.4 Å². The van der Waals surface area contributed by atoms with E-state index in [9.17, 15) is 30.7 Å². The fourth-order valence-electron chi connectivity index (χ4n) is 6.46. The maximum absolute atomic E-state index is 14.7. The molecular weight excluding hydrogens is 525 g/mol. The molecule has 2 atom stereocenters. The summed E-state index contributed by atoms with van der Waals surface area (Å²) >= 11 is 0. The Balaban J connectivity index is 1.28. The van der Waals surface area contributed by atoms with Gasteiger partial charge in [-0.2, -0.15) is 8.78 Å². The van der Waals surface area contributed by atoms with Crippen LogP contribution in [0.3, 0.4) is 0 Å². The van der Waals surface area contributed by atoms with Gasteiger partial charge in [0.05, 0.1) is 5.56 Å². The van der Waals surface area contributed by atoms with Crippen molar-refractivity contribution in [2.75, 3.05) is 0 Å². The summed E-state index contributed by atoms with van der Waals surface area (Å²) < 4.78 is 102. The Morgan fingerprint density at radius 2 is 1.46 bits per heavy atom. The van der Waals surface area contributed by atoms with E-state index in [1.54, 1.807) is 12.1 Å². The molecule has 2 nitrogen and oxygen atoms in total. The predicted octanol–water partition coefficient (Wildman–Crippen LogP) is 10.0. The number of ether oxygens (including phenoxy) is 2. The van der Waals surface area contributed by atoms with Gasteiger partial charge >= 0.3 is 12.5 Å². The monoisotopic (exact) mass is 562 g/mol. The molecule has 0 heterocycles. The second-order valence-electron chi connectivity index (χ2n) is 11.3. The van der Waals surface area contributed by atoms with E-state index in [0.29, 0.717) is 12.0 Å². The van der Waals surface area contributed by atoms with E-state index in [1.165, 1.54) is 57.1 Å². The van der Waals surface area contributed by atoms with Crippen LogP contribution in [-0.4, -0.2) is 18.4 Å². The molecule has 0 aliphatic heterocycles. The molecular formula is C30H37F7O2. The second kappa shape index (κ2) is 12.2. The average Bonchev–Trinajstić information content (AvgIpc) is 2.89. The van der Waals surface area contributed by atoms with Crippen molar-refractivity contribution in [3.8, 4) is 0 Å². The first-order chi connectivity index (χ1) is 18.4. The van der Waals surface area contributed by atoms with Crippen LogP contribution in [0.15, 0.2) is 48.3 Å². The molecule has 0 bridgehead atoms. The van der Waals surface area contributed by atoms with Gasteiger partial charge in [-0.25, -0.2) is 13.5 Å². The van der Waals surface area contributed by atoms with Crippen LogP contribution in [0.1, 0.15) is 94.6 Å². The second-order valence-corrected chi connectivity index (χ2v) is 11.3. The maximum Gasteiger partial charge on any atom is 0.525 e. The Morgan fingerprint density at radius 3 is 2.00 bits per heavy atom. The van der Waals surface area contributed by atoms with E-state index in [2.05, 4.69) is 16.4 Å². The van der Waals surface area contributed by atoms with Crippen LogP contribution in [0, 0.1) is 17.8 Å². The number of alkyl halides is 7. The topological polar surface area (TPSA) is 18.5 Å². The first-order valence-electron chi connectivity index (χ1n) is 14.1. The normalized spacial score (nSPS) is 32.1. The molecule has 0 N–H and O–H groups in total. The SMILES string of the molecule is CCCCC1CCC(C2CCC(c3ccc(C(F)(F)OC4=CC(F)C(F)(OC(F)(F)F)C=C4)cc3)CC2)CC1. The lowest BCUT2D eigenvalue weighted by molar-refractivity contribution is -0.388. The van der Waals surface area contributed by atoms with Crippen molar-refractivity contribution in [1.82, 2.24) is 0 Å². The summed E-state index contributed by atoms with van der Waals surface area (Å²) in [6, 6.07) is 5.77. The van der Waals surface area contributed by atoms with Gasteiger partial charge in [-0.3, -0.25) is 0 Å². The van der Waals surface area contributed by atoms with Gasteiger partial charge in [0.15, 0.2) is 6.17 Å². The number of hydrogen-bond acceptors (Lipinski definition) is 2. The molecule has 218 valence electrons. The number of unbranched alkanes of at least 4 members (excludes halogenated alkanes) is 1. The van der Waals surface area contributed by atoms with Gasteiger partial charge in [0.1, 0.15) is 5.76 Å². The van der Waals surface area contributed by atoms with E-state index < -0.39 is 35.8 Å². The fourth-order valence-corrected chi connectivity index (χ4v) is 6.46. The Kier molecular flexibility index (Phi) is 9.39. The average molecular weight is 563 g/mol. The van der Waals surface area contributed by atoms with Gasteiger partial charge in [-0.1, -0.05) is 51.2 Å². The summed E-state index contributed by atoms with van der Waals surface area (Å²) in [7, 11) is 0. The van der Waals surface area contributed by atoms with Gasteiger partial charge < -0.3 is 4.74 Å². The van der Waals surface area contributed by atoms with Crippen LogP contribution in [-0.2, 0) is 15.6 Å². The third-order valence-corrected chi connectivity index (χ3v) is 8.69. The molecule has 2 fully saturated rings. The number of halogens is 7. The molecule has 4 rings (SSSR count). The lowest BCUT2D eigenvalue weighted by Gasteiger charge is -2.38. The molecule has 9 heteroatoms. The molecule has 1 aromatic carbocycles. The van der Waals surface area contributed by atoms with Crippen molar-refractivity contribution < 1.29 is 40.2 Å². The van der Waals surface area contributed by atoms with Crippen LogP contribution in [0.4, 0.5) is 30.7 Å². The Morgan fingerprint density at radius 1 is 0.872 bits per heavy atom. The molecule has 2 unspecified atom stereocenters. The molecule has 0 saturated heterocycles. The molecule has 39 heavy (non-hydrogen) atoms. The van der Waals surface area contributed by atoms with Crippen LogP contribution >= 0.6 is 0 Å². The standard InChI is InChI=1S/C30H37F7O2/c1-2-3-4-20-5-7-21(8-6-20)22-9-11-23(12-10-22)24-13-15-25(16-14-24)29(33,34)38-26-17-18-28(32,27(31)19-26)39-30(35,36)37/h13-23,27H,2-12H2,1H3. The van der Waals surface area contributed by atoms with E-state index >= 15 is 0 Å². The van der Waals surface area contributed by atoms with Crippen molar-refractivity contribution in [2.24, 2.45) is 17.8 Å². The third-order valence-electron chi connectivity index (χ3n) is 8.69. The first-order valence-corrected chi connectivity index (χ1v) is 14.1. The minimum atomic E-state index is -5.45. The molecule has 0 amide bonds. The zero-order valence-corrected chi connectivity index (χ0v) is 22.2. The highest BCUT2D eigenvalue weighted by atomic mass is 19.4. The lowest BCUT2D eigenvalue weighted by atomic mass is 9.68. The quantitative estimate of drug-likeness (QED) is 0.279. The summed E-state index contributed by atoms with van der Waals surface area (Å²) in [5.41, 5.74) is 0.483. The smallest absolute Gasteiger partial charge is 0.429 e. The predicted molar refractivity (Wildman–Crippen MR) is 134 cm³/mol. The van der Waals surface area contributed by atoms with Crippen molar-refractivity contribution in [3.63, 3.8) is 0 Å². The summed E-state index contributed by atoms with van der Waals surface area (Å²) in [6.45, 7) is 2.24. The highest BCUT2D eigenvalue weighted by Crippen LogP contribution is 2.45. The van der Waals surface area contributed by atoms with E-state index in [1.807, 2.05) is 0 Å². The molecule has 3 aliphatic rings. The number of allylic oxidation sites excluding steroid dienone is 1. The Hall–Kier alpha value is -2.03.